The standard InChI is InChI=1S/C9H14ClNSSi/c1-8-4-5-11-9(6-8)12-7-13(2,3)10/h4-6H,7H2,1-3H3. The lowest BCUT2D eigenvalue weighted by Gasteiger charge is -2.11. The van der Waals surface area contributed by atoms with Crippen LogP contribution in [0.1, 0.15) is 5.56 Å². The predicted molar refractivity (Wildman–Crippen MR) is 63.0 cm³/mol. The van der Waals surface area contributed by atoms with Gasteiger partial charge in [-0.2, -0.15) is 11.1 Å². The lowest BCUT2D eigenvalue weighted by atomic mass is 10.3. The molecule has 0 N–H and O–H groups in total. The molecule has 0 saturated carbocycles. The van der Waals surface area contributed by atoms with Crippen molar-refractivity contribution >= 4 is 30.2 Å². The van der Waals surface area contributed by atoms with Gasteiger partial charge in [0, 0.05) is 11.6 Å². The molecule has 1 heterocycles. The Labute approximate surface area is 89.6 Å². The summed E-state index contributed by atoms with van der Waals surface area (Å²) >= 11 is 7.97. The highest BCUT2D eigenvalue weighted by atomic mass is 35.6. The maximum atomic E-state index is 6.21. The van der Waals surface area contributed by atoms with Gasteiger partial charge < -0.3 is 0 Å². The fourth-order valence-corrected chi connectivity index (χ4v) is 3.69. The number of pyridine rings is 1. The number of aryl methyl sites for hydroxylation is 1. The Kier molecular flexibility index (Phi) is 3.82. The van der Waals surface area contributed by atoms with Crippen molar-refractivity contribution in [3.63, 3.8) is 0 Å². The average molecular weight is 232 g/mol. The number of hydrogen-bond acceptors (Lipinski definition) is 2. The first-order valence-corrected chi connectivity index (χ1v) is 9.42. The molecular weight excluding hydrogens is 218 g/mol. The molecule has 0 amide bonds. The molecule has 1 rings (SSSR count). The van der Waals surface area contributed by atoms with Gasteiger partial charge in [-0.3, -0.25) is 0 Å². The van der Waals surface area contributed by atoms with Crippen LogP contribution in [0.2, 0.25) is 13.1 Å². The van der Waals surface area contributed by atoms with Gasteiger partial charge in [0.1, 0.15) is 0 Å². The summed E-state index contributed by atoms with van der Waals surface area (Å²) in [7, 11) is -1.46. The predicted octanol–water partition coefficient (Wildman–Crippen LogP) is 3.47. The Bertz CT molecular complexity index is 285. The minimum atomic E-state index is -1.46. The lowest BCUT2D eigenvalue weighted by molar-refractivity contribution is 1.11. The van der Waals surface area contributed by atoms with E-state index in [-0.39, 0.29) is 0 Å². The van der Waals surface area contributed by atoms with Crippen LogP contribution in [0.15, 0.2) is 23.4 Å². The van der Waals surface area contributed by atoms with Crippen molar-refractivity contribution in [3.05, 3.63) is 23.9 Å². The van der Waals surface area contributed by atoms with E-state index in [4.69, 9.17) is 11.1 Å². The number of thioether (sulfide) groups is 1. The highest BCUT2D eigenvalue weighted by Gasteiger charge is 2.17. The molecule has 0 aliphatic rings. The molecule has 0 bridgehead atoms. The van der Waals surface area contributed by atoms with Gasteiger partial charge in [-0.1, -0.05) is 13.1 Å². The van der Waals surface area contributed by atoms with E-state index in [0.717, 1.165) is 10.4 Å². The van der Waals surface area contributed by atoms with Gasteiger partial charge >= 0.3 is 0 Å². The van der Waals surface area contributed by atoms with E-state index in [2.05, 4.69) is 31.1 Å². The maximum Gasteiger partial charge on any atom is 0.160 e. The SMILES string of the molecule is Cc1ccnc(SC[Si](C)(C)Cl)c1. The summed E-state index contributed by atoms with van der Waals surface area (Å²) in [6, 6.07) is 4.11. The summed E-state index contributed by atoms with van der Waals surface area (Å²) in [4.78, 5) is 4.27. The second kappa shape index (κ2) is 4.49. The zero-order chi connectivity index (χ0) is 9.90. The van der Waals surface area contributed by atoms with Crippen LogP contribution >= 0.6 is 22.8 Å². The smallest absolute Gasteiger partial charge is 0.160 e. The van der Waals surface area contributed by atoms with Crippen LogP contribution in [-0.2, 0) is 0 Å². The number of hydrogen-bond donors (Lipinski definition) is 0. The second-order valence-electron chi connectivity index (χ2n) is 3.68. The van der Waals surface area contributed by atoms with E-state index in [1.165, 1.54) is 5.56 Å². The maximum absolute atomic E-state index is 6.21. The van der Waals surface area contributed by atoms with E-state index in [1.54, 1.807) is 11.8 Å². The van der Waals surface area contributed by atoms with Crippen LogP contribution in [0.5, 0.6) is 0 Å². The van der Waals surface area contributed by atoms with Gasteiger partial charge in [-0.05, 0) is 24.6 Å². The molecule has 0 atom stereocenters. The fourth-order valence-electron chi connectivity index (χ4n) is 0.833. The topological polar surface area (TPSA) is 12.9 Å². The second-order valence-corrected chi connectivity index (χ2v) is 12.0. The molecule has 0 aliphatic carbocycles. The molecule has 0 saturated heterocycles. The number of nitrogens with zero attached hydrogens (tertiary/aromatic N) is 1. The zero-order valence-electron chi connectivity index (χ0n) is 8.17. The van der Waals surface area contributed by atoms with Crippen molar-refractivity contribution < 1.29 is 0 Å². The molecule has 72 valence electrons. The quantitative estimate of drug-likeness (QED) is 0.449. The van der Waals surface area contributed by atoms with Crippen LogP contribution in [-0.4, -0.2) is 17.7 Å². The Hall–Kier alpha value is 0.00688. The van der Waals surface area contributed by atoms with Gasteiger partial charge in [0.2, 0.25) is 0 Å². The summed E-state index contributed by atoms with van der Waals surface area (Å²) in [5, 5.41) is 2.10. The third-order valence-corrected chi connectivity index (χ3v) is 6.28. The number of rotatable bonds is 3. The van der Waals surface area contributed by atoms with Crippen LogP contribution in [0.3, 0.4) is 0 Å². The van der Waals surface area contributed by atoms with Crippen molar-refractivity contribution in [2.75, 3.05) is 5.38 Å². The molecule has 0 unspecified atom stereocenters. The van der Waals surface area contributed by atoms with Crippen molar-refractivity contribution in [3.8, 4) is 0 Å². The molecule has 1 aromatic heterocycles. The number of halogens is 1. The molecular formula is C9H14ClNSSi. The summed E-state index contributed by atoms with van der Waals surface area (Å²) in [6.45, 7) is 6.38. The van der Waals surface area contributed by atoms with Crippen LogP contribution < -0.4 is 0 Å². The first kappa shape index (κ1) is 11.1. The van der Waals surface area contributed by atoms with E-state index in [0.29, 0.717) is 0 Å². The molecule has 0 aliphatic heterocycles. The minimum Gasteiger partial charge on any atom is -0.250 e. The highest BCUT2D eigenvalue weighted by Crippen LogP contribution is 2.22. The highest BCUT2D eigenvalue weighted by molar-refractivity contribution is 8.01. The number of aromatic nitrogens is 1. The summed E-state index contributed by atoms with van der Waals surface area (Å²) in [5.74, 6) is 0. The van der Waals surface area contributed by atoms with Crippen LogP contribution in [0.25, 0.3) is 0 Å². The van der Waals surface area contributed by atoms with Crippen molar-refractivity contribution in [1.29, 1.82) is 0 Å². The summed E-state index contributed by atoms with van der Waals surface area (Å²) in [5.41, 5.74) is 1.26. The van der Waals surface area contributed by atoms with Crippen molar-refractivity contribution in [2.24, 2.45) is 0 Å². The first-order chi connectivity index (χ1) is 5.97. The van der Waals surface area contributed by atoms with Crippen LogP contribution in [0, 0.1) is 6.92 Å². The average Bonchev–Trinajstić information content (AvgIpc) is 2.00. The Morgan fingerprint density at radius 3 is 2.77 bits per heavy atom. The Morgan fingerprint density at radius 2 is 2.23 bits per heavy atom. The molecule has 0 spiro atoms. The van der Waals surface area contributed by atoms with Gasteiger partial charge in [-0.25, -0.2) is 4.98 Å². The zero-order valence-corrected chi connectivity index (χ0v) is 10.7. The third-order valence-electron chi connectivity index (χ3n) is 1.45. The largest absolute Gasteiger partial charge is 0.250 e. The van der Waals surface area contributed by atoms with E-state index < -0.39 is 7.38 Å². The van der Waals surface area contributed by atoms with Gasteiger partial charge in [-0.15, -0.1) is 11.8 Å². The van der Waals surface area contributed by atoms with E-state index in [9.17, 15) is 0 Å². The van der Waals surface area contributed by atoms with Gasteiger partial charge in [0.25, 0.3) is 0 Å². The minimum absolute atomic E-state index is 1.02. The molecule has 1 nitrogen and oxygen atoms in total. The molecule has 0 fully saturated rings. The summed E-state index contributed by atoms with van der Waals surface area (Å²) in [6.07, 6.45) is 1.85. The third kappa shape index (κ3) is 4.69. The Morgan fingerprint density at radius 1 is 1.54 bits per heavy atom. The Balaban J connectivity index is 2.55. The van der Waals surface area contributed by atoms with Crippen molar-refractivity contribution in [2.45, 2.75) is 25.0 Å². The van der Waals surface area contributed by atoms with Crippen molar-refractivity contribution in [1.82, 2.24) is 4.98 Å². The molecule has 4 heteroatoms. The molecule has 1 aromatic rings. The lowest BCUT2D eigenvalue weighted by Crippen LogP contribution is -2.20. The molecule has 0 aromatic carbocycles. The fraction of sp³-hybridized carbons (Fsp3) is 0.444. The van der Waals surface area contributed by atoms with E-state index in [1.807, 2.05) is 12.3 Å². The van der Waals surface area contributed by atoms with Gasteiger partial charge in [0.05, 0.1) is 5.03 Å². The first-order valence-electron chi connectivity index (χ1n) is 4.22. The summed E-state index contributed by atoms with van der Waals surface area (Å²) < 4.78 is 0. The van der Waals surface area contributed by atoms with Gasteiger partial charge in [0.15, 0.2) is 7.38 Å². The monoisotopic (exact) mass is 231 g/mol. The van der Waals surface area contributed by atoms with E-state index >= 15 is 0 Å². The van der Waals surface area contributed by atoms with Crippen LogP contribution in [0.4, 0.5) is 0 Å². The molecule has 13 heavy (non-hydrogen) atoms. The normalized spacial score (nSPS) is 11.7. The molecule has 0 radical (unpaired) electrons.